The number of amides is 1. The van der Waals surface area contributed by atoms with E-state index in [0.29, 0.717) is 37.4 Å². The maximum Gasteiger partial charge on any atom is 0.243 e. The Kier molecular flexibility index (Phi) is 6.36. The zero-order valence-corrected chi connectivity index (χ0v) is 19.0. The van der Waals surface area contributed by atoms with Crippen LogP contribution in [0.2, 0.25) is 5.02 Å². The molecular weight excluding hydrogens is 434 g/mol. The van der Waals surface area contributed by atoms with Crippen molar-refractivity contribution in [1.82, 2.24) is 14.2 Å². The van der Waals surface area contributed by atoms with E-state index in [1.54, 1.807) is 12.1 Å². The van der Waals surface area contributed by atoms with Crippen molar-refractivity contribution in [2.45, 2.75) is 24.2 Å². The molecule has 2 heterocycles. The SMILES string of the molecule is Cn1ccc2cc(S(=O)(=O)N3CCCC(C(=O)NCCc4ccc(Cl)cc4)C3)ccc21. The van der Waals surface area contributed by atoms with Crippen LogP contribution in [-0.2, 0) is 28.3 Å². The molecule has 1 fully saturated rings. The smallest absolute Gasteiger partial charge is 0.243 e. The highest BCUT2D eigenvalue weighted by Gasteiger charge is 2.33. The van der Waals surface area contributed by atoms with Crippen LogP contribution < -0.4 is 5.32 Å². The third-order valence-electron chi connectivity index (χ3n) is 5.88. The van der Waals surface area contributed by atoms with Crippen molar-refractivity contribution in [3.63, 3.8) is 0 Å². The molecule has 0 saturated carbocycles. The Hall–Kier alpha value is -2.35. The molecule has 31 heavy (non-hydrogen) atoms. The van der Waals surface area contributed by atoms with Gasteiger partial charge in [-0.15, -0.1) is 0 Å². The summed E-state index contributed by atoms with van der Waals surface area (Å²) in [6, 6.07) is 14.6. The first-order chi connectivity index (χ1) is 14.8. The average molecular weight is 460 g/mol. The number of benzene rings is 2. The maximum atomic E-state index is 13.2. The zero-order valence-electron chi connectivity index (χ0n) is 17.4. The second kappa shape index (κ2) is 9.02. The Morgan fingerprint density at radius 1 is 1.16 bits per heavy atom. The maximum absolute atomic E-state index is 13.2. The van der Waals surface area contributed by atoms with Gasteiger partial charge in [-0.25, -0.2) is 8.42 Å². The molecule has 1 atom stereocenters. The Morgan fingerprint density at radius 2 is 1.94 bits per heavy atom. The summed E-state index contributed by atoms with van der Waals surface area (Å²) in [5.41, 5.74) is 2.07. The minimum atomic E-state index is -3.65. The number of halogens is 1. The third-order valence-corrected chi connectivity index (χ3v) is 7.99. The number of aryl methyl sites for hydroxylation is 1. The quantitative estimate of drug-likeness (QED) is 0.612. The number of piperidine rings is 1. The average Bonchev–Trinajstić information content (AvgIpc) is 3.15. The predicted molar refractivity (Wildman–Crippen MR) is 123 cm³/mol. The van der Waals surface area contributed by atoms with Crippen molar-refractivity contribution < 1.29 is 13.2 Å². The Balaban J connectivity index is 1.39. The van der Waals surface area contributed by atoms with E-state index in [1.165, 1.54) is 4.31 Å². The number of fused-ring (bicyclic) bond motifs is 1. The van der Waals surface area contributed by atoms with Crippen LogP contribution in [-0.4, -0.2) is 42.8 Å². The number of sulfonamides is 1. The van der Waals surface area contributed by atoms with Crippen molar-refractivity contribution in [1.29, 1.82) is 0 Å². The highest BCUT2D eigenvalue weighted by Crippen LogP contribution is 2.26. The monoisotopic (exact) mass is 459 g/mol. The molecule has 1 N–H and O–H groups in total. The molecule has 164 valence electrons. The summed E-state index contributed by atoms with van der Waals surface area (Å²) in [5.74, 6) is -0.429. The minimum absolute atomic E-state index is 0.0904. The lowest BCUT2D eigenvalue weighted by Gasteiger charge is -2.31. The molecule has 0 bridgehead atoms. The second-order valence-electron chi connectivity index (χ2n) is 8.02. The van der Waals surface area contributed by atoms with Gasteiger partial charge in [-0.1, -0.05) is 23.7 Å². The summed E-state index contributed by atoms with van der Waals surface area (Å²) in [6.45, 7) is 1.15. The fraction of sp³-hybridized carbons (Fsp3) is 0.348. The van der Waals surface area contributed by atoms with Gasteiger partial charge in [-0.3, -0.25) is 4.79 Å². The standard InChI is InChI=1S/C23H26ClN3O3S/c1-26-14-11-18-15-21(8-9-22(18)26)31(29,30)27-13-2-3-19(16-27)23(28)25-12-10-17-4-6-20(24)7-5-17/h4-9,11,14-15,19H,2-3,10,12-13,16H2,1H3,(H,25,28). The molecule has 1 aliphatic heterocycles. The van der Waals surface area contributed by atoms with E-state index in [9.17, 15) is 13.2 Å². The van der Waals surface area contributed by atoms with Crippen LogP contribution in [0, 0.1) is 5.92 Å². The summed E-state index contributed by atoms with van der Waals surface area (Å²) in [5, 5.41) is 4.53. The van der Waals surface area contributed by atoms with Gasteiger partial charge in [0.05, 0.1) is 10.8 Å². The van der Waals surface area contributed by atoms with E-state index in [2.05, 4.69) is 5.32 Å². The lowest BCUT2D eigenvalue weighted by Crippen LogP contribution is -2.45. The number of carbonyl (C=O) groups is 1. The number of hydrogen-bond acceptors (Lipinski definition) is 3. The van der Waals surface area contributed by atoms with Gasteiger partial charge in [0.15, 0.2) is 0 Å². The lowest BCUT2D eigenvalue weighted by molar-refractivity contribution is -0.126. The van der Waals surface area contributed by atoms with Crippen molar-refractivity contribution in [2.75, 3.05) is 19.6 Å². The molecule has 0 radical (unpaired) electrons. The van der Waals surface area contributed by atoms with E-state index in [4.69, 9.17) is 11.6 Å². The number of rotatable bonds is 6. The van der Waals surface area contributed by atoms with Gasteiger partial charge in [-0.2, -0.15) is 4.31 Å². The fourth-order valence-corrected chi connectivity index (χ4v) is 5.76. The van der Waals surface area contributed by atoms with Gasteiger partial charge < -0.3 is 9.88 Å². The van der Waals surface area contributed by atoms with Crippen LogP contribution in [0.3, 0.4) is 0 Å². The molecule has 1 aliphatic rings. The summed E-state index contributed by atoms with van der Waals surface area (Å²) >= 11 is 5.90. The normalized spacial score (nSPS) is 17.7. The molecule has 4 rings (SSSR count). The first-order valence-electron chi connectivity index (χ1n) is 10.4. The van der Waals surface area contributed by atoms with E-state index >= 15 is 0 Å². The van der Waals surface area contributed by atoms with Crippen LogP contribution in [0.5, 0.6) is 0 Å². The van der Waals surface area contributed by atoms with Crippen LogP contribution in [0.25, 0.3) is 10.9 Å². The molecule has 8 heteroatoms. The molecule has 6 nitrogen and oxygen atoms in total. The van der Waals surface area contributed by atoms with E-state index in [1.807, 2.05) is 54.2 Å². The number of hydrogen-bond donors (Lipinski definition) is 1. The van der Waals surface area contributed by atoms with Crippen molar-refractivity contribution in [3.05, 3.63) is 65.3 Å². The minimum Gasteiger partial charge on any atom is -0.355 e. The Bertz CT molecular complexity index is 1190. The lowest BCUT2D eigenvalue weighted by atomic mass is 9.99. The van der Waals surface area contributed by atoms with Crippen LogP contribution in [0.15, 0.2) is 59.6 Å². The van der Waals surface area contributed by atoms with Gasteiger partial charge in [0.1, 0.15) is 0 Å². The summed E-state index contributed by atoms with van der Waals surface area (Å²) < 4.78 is 29.8. The van der Waals surface area contributed by atoms with E-state index in [0.717, 1.165) is 16.5 Å². The third kappa shape index (κ3) is 4.79. The first kappa shape index (κ1) is 21.9. The highest BCUT2D eigenvalue weighted by molar-refractivity contribution is 7.89. The molecule has 1 saturated heterocycles. The largest absolute Gasteiger partial charge is 0.355 e. The van der Waals surface area contributed by atoms with Crippen LogP contribution in [0.1, 0.15) is 18.4 Å². The zero-order chi connectivity index (χ0) is 22.0. The molecule has 0 spiro atoms. The van der Waals surface area contributed by atoms with Gasteiger partial charge >= 0.3 is 0 Å². The van der Waals surface area contributed by atoms with Crippen molar-refractivity contribution >= 4 is 38.4 Å². The van der Waals surface area contributed by atoms with Gasteiger partial charge in [-0.05, 0) is 61.2 Å². The van der Waals surface area contributed by atoms with Gasteiger partial charge in [0.2, 0.25) is 15.9 Å². The Morgan fingerprint density at radius 3 is 2.71 bits per heavy atom. The molecular formula is C23H26ClN3O3S. The molecule has 1 aromatic heterocycles. The summed E-state index contributed by atoms with van der Waals surface area (Å²) in [4.78, 5) is 12.9. The van der Waals surface area contributed by atoms with E-state index < -0.39 is 10.0 Å². The van der Waals surface area contributed by atoms with Gasteiger partial charge in [0, 0.05) is 48.8 Å². The van der Waals surface area contributed by atoms with Gasteiger partial charge in [0.25, 0.3) is 0 Å². The number of aromatic nitrogens is 1. The molecule has 1 amide bonds. The van der Waals surface area contributed by atoms with E-state index in [-0.39, 0.29) is 23.3 Å². The summed E-state index contributed by atoms with van der Waals surface area (Å²) in [7, 11) is -1.72. The van der Waals surface area contributed by atoms with Crippen LogP contribution >= 0.6 is 11.6 Å². The van der Waals surface area contributed by atoms with Crippen molar-refractivity contribution in [3.8, 4) is 0 Å². The topological polar surface area (TPSA) is 71.4 Å². The molecule has 3 aromatic rings. The highest BCUT2D eigenvalue weighted by atomic mass is 35.5. The number of nitrogens with one attached hydrogen (secondary N) is 1. The summed E-state index contributed by atoms with van der Waals surface area (Å²) in [6.07, 6.45) is 3.97. The second-order valence-corrected chi connectivity index (χ2v) is 10.4. The molecule has 1 unspecified atom stereocenters. The number of nitrogens with zero attached hydrogens (tertiary/aromatic N) is 2. The van der Waals surface area contributed by atoms with Crippen molar-refractivity contribution in [2.24, 2.45) is 13.0 Å². The molecule has 2 aromatic carbocycles. The predicted octanol–water partition coefficient (Wildman–Crippen LogP) is 3.59. The first-order valence-corrected chi connectivity index (χ1v) is 12.2. The molecule has 0 aliphatic carbocycles. The Labute approximate surface area is 187 Å². The van der Waals surface area contributed by atoms with Crippen LogP contribution in [0.4, 0.5) is 0 Å². The number of carbonyl (C=O) groups excluding carboxylic acids is 1. The fourth-order valence-electron chi connectivity index (χ4n) is 4.07.